The minimum atomic E-state index is -0.235. The highest BCUT2D eigenvalue weighted by atomic mass is 19.1. The lowest BCUT2D eigenvalue weighted by Crippen LogP contribution is -2.42. The van der Waals surface area contributed by atoms with Crippen LogP contribution < -0.4 is 11.3 Å². The van der Waals surface area contributed by atoms with Crippen molar-refractivity contribution in [3.05, 3.63) is 35.6 Å². The lowest BCUT2D eigenvalue weighted by Gasteiger charge is -2.35. The van der Waals surface area contributed by atoms with E-state index in [1.807, 2.05) is 13.0 Å². The van der Waals surface area contributed by atoms with Crippen molar-refractivity contribution in [2.45, 2.75) is 51.2 Å². The molecule has 1 aromatic carbocycles. The second-order valence-corrected chi connectivity index (χ2v) is 5.52. The van der Waals surface area contributed by atoms with E-state index in [-0.39, 0.29) is 18.0 Å². The van der Waals surface area contributed by atoms with Crippen LogP contribution in [-0.4, -0.2) is 12.7 Å². The largest absolute Gasteiger partial charge is 0.376 e. The van der Waals surface area contributed by atoms with Gasteiger partial charge in [-0.3, -0.25) is 11.3 Å². The molecule has 0 spiro atoms. The summed E-state index contributed by atoms with van der Waals surface area (Å²) in [6, 6.07) is 6.46. The Morgan fingerprint density at radius 2 is 2.10 bits per heavy atom. The van der Waals surface area contributed by atoms with Crippen molar-refractivity contribution < 1.29 is 9.13 Å². The first kappa shape index (κ1) is 15.4. The second kappa shape index (κ2) is 7.72. The number of nitrogens with two attached hydrogens (primary N) is 1. The molecule has 3 N–H and O–H groups in total. The van der Waals surface area contributed by atoms with E-state index in [1.54, 1.807) is 12.1 Å². The average Bonchev–Trinajstić information content (AvgIpc) is 2.48. The first-order valence-electron chi connectivity index (χ1n) is 7.59. The van der Waals surface area contributed by atoms with E-state index >= 15 is 0 Å². The van der Waals surface area contributed by atoms with E-state index in [2.05, 4.69) is 5.43 Å². The van der Waals surface area contributed by atoms with Gasteiger partial charge in [-0.2, -0.15) is 0 Å². The Morgan fingerprint density at radius 1 is 1.35 bits per heavy atom. The lowest BCUT2D eigenvalue weighted by molar-refractivity contribution is -0.0184. The van der Waals surface area contributed by atoms with Gasteiger partial charge >= 0.3 is 0 Å². The van der Waals surface area contributed by atoms with Gasteiger partial charge in [0.25, 0.3) is 0 Å². The van der Waals surface area contributed by atoms with Crippen LogP contribution in [0.1, 0.15) is 50.6 Å². The van der Waals surface area contributed by atoms with E-state index in [4.69, 9.17) is 10.6 Å². The molecule has 0 saturated heterocycles. The molecule has 0 aliphatic heterocycles. The molecule has 0 heterocycles. The Kier molecular flexibility index (Phi) is 5.95. The summed E-state index contributed by atoms with van der Waals surface area (Å²) in [7, 11) is 0. The molecular formula is C16H25FN2O. The maximum Gasteiger partial charge on any atom is 0.123 e. The average molecular weight is 280 g/mol. The summed E-state index contributed by atoms with van der Waals surface area (Å²) in [5, 5.41) is 0. The summed E-state index contributed by atoms with van der Waals surface area (Å²) in [5.74, 6) is 6.00. The topological polar surface area (TPSA) is 47.3 Å². The summed E-state index contributed by atoms with van der Waals surface area (Å²) in [4.78, 5) is 0. The van der Waals surface area contributed by atoms with Gasteiger partial charge in [-0.15, -0.1) is 0 Å². The summed E-state index contributed by atoms with van der Waals surface area (Å²) < 4.78 is 19.4. The van der Waals surface area contributed by atoms with Crippen molar-refractivity contribution in [3.63, 3.8) is 0 Å². The predicted molar refractivity (Wildman–Crippen MR) is 78.5 cm³/mol. The van der Waals surface area contributed by atoms with Crippen LogP contribution in [0.4, 0.5) is 4.39 Å². The summed E-state index contributed by atoms with van der Waals surface area (Å²) in [6.07, 6.45) is 6.13. The Hall–Kier alpha value is -0.970. The molecule has 1 saturated carbocycles. The van der Waals surface area contributed by atoms with Crippen LogP contribution in [0.5, 0.6) is 0 Å². The van der Waals surface area contributed by atoms with Gasteiger partial charge in [0.1, 0.15) is 5.82 Å². The van der Waals surface area contributed by atoms with Gasteiger partial charge in [-0.05, 0) is 43.4 Å². The van der Waals surface area contributed by atoms with Gasteiger partial charge in [0.15, 0.2) is 0 Å². The van der Waals surface area contributed by atoms with Gasteiger partial charge in [0.2, 0.25) is 0 Å². The molecule has 1 aliphatic carbocycles. The van der Waals surface area contributed by atoms with Gasteiger partial charge < -0.3 is 4.74 Å². The van der Waals surface area contributed by atoms with Crippen molar-refractivity contribution in [2.24, 2.45) is 11.8 Å². The van der Waals surface area contributed by atoms with Crippen LogP contribution in [0.3, 0.4) is 0 Å². The molecule has 20 heavy (non-hydrogen) atoms. The molecular weight excluding hydrogens is 255 g/mol. The quantitative estimate of drug-likeness (QED) is 0.621. The van der Waals surface area contributed by atoms with Crippen molar-refractivity contribution in [3.8, 4) is 0 Å². The zero-order valence-electron chi connectivity index (χ0n) is 12.1. The molecule has 0 aromatic heterocycles. The molecule has 0 amide bonds. The van der Waals surface area contributed by atoms with E-state index in [0.29, 0.717) is 12.5 Å². The lowest BCUT2D eigenvalue weighted by atomic mass is 9.81. The highest BCUT2D eigenvalue weighted by molar-refractivity contribution is 5.21. The zero-order chi connectivity index (χ0) is 14.4. The molecule has 2 atom stereocenters. The van der Waals surface area contributed by atoms with Crippen molar-refractivity contribution in [1.82, 2.24) is 5.43 Å². The highest BCUT2D eigenvalue weighted by Gasteiger charge is 2.31. The van der Waals surface area contributed by atoms with Gasteiger partial charge in [0, 0.05) is 6.61 Å². The van der Waals surface area contributed by atoms with E-state index in [1.165, 1.54) is 25.3 Å². The number of nitrogens with one attached hydrogen (secondary N) is 1. The fourth-order valence-corrected chi connectivity index (χ4v) is 3.24. The molecule has 1 fully saturated rings. The minimum absolute atomic E-state index is 0.00657. The number of hydrazine groups is 1. The summed E-state index contributed by atoms with van der Waals surface area (Å²) in [5.41, 5.74) is 3.69. The molecule has 4 heteroatoms. The van der Waals surface area contributed by atoms with Crippen LogP contribution >= 0.6 is 0 Å². The zero-order valence-corrected chi connectivity index (χ0v) is 12.1. The standard InChI is InChI=1S/C16H25FN2O/c1-2-20-16(12-7-4-3-5-8-12)15(19-18)13-9-6-10-14(17)11-13/h6,9-12,15-16,19H,2-5,7-8,18H2,1H3. The maximum absolute atomic E-state index is 13.4. The summed E-state index contributed by atoms with van der Waals surface area (Å²) in [6.45, 7) is 2.64. The third kappa shape index (κ3) is 3.78. The smallest absolute Gasteiger partial charge is 0.123 e. The van der Waals surface area contributed by atoms with Crippen LogP contribution in [0, 0.1) is 11.7 Å². The number of ether oxygens (including phenoxy) is 1. The Bertz CT molecular complexity index is 407. The third-order valence-electron chi connectivity index (χ3n) is 4.19. The number of hydrogen-bond donors (Lipinski definition) is 2. The molecule has 2 unspecified atom stereocenters. The number of benzene rings is 1. The minimum Gasteiger partial charge on any atom is -0.376 e. The van der Waals surface area contributed by atoms with Crippen LogP contribution in [-0.2, 0) is 4.74 Å². The fourth-order valence-electron chi connectivity index (χ4n) is 3.24. The molecule has 3 nitrogen and oxygen atoms in total. The van der Waals surface area contributed by atoms with Crippen LogP contribution in [0.15, 0.2) is 24.3 Å². The molecule has 1 aromatic rings. The van der Waals surface area contributed by atoms with Gasteiger partial charge in [0.05, 0.1) is 12.1 Å². The highest BCUT2D eigenvalue weighted by Crippen LogP contribution is 2.34. The van der Waals surface area contributed by atoms with E-state index in [9.17, 15) is 4.39 Å². The second-order valence-electron chi connectivity index (χ2n) is 5.52. The Balaban J connectivity index is 2.19. The Labute approximate surface area is 120 Å². The molecule has 112 valence electrons. The third-order valence-corrected chi connectivity index (χ3v) is 4.19. The normalized spacial score (nSPS) is 19.8. The molecule has 0 bridgehead atoms. The predicted octanol–water partition coefficient (Wildman–Crippen LogP) is 3.32. The maximum atomic E-state index is 13.4. The molecule has 0 radical (unpaired) electrons. The van der Waals surface area contributed by atoms with Crippen molar-refractivity contribution >= 4 is 0 Å². The Morgan fingerprint density at radius 3 is 2.70 bits per heavy atom. The van der Waals surface area contributed by atoms with E-state index < -0.39 is 0 Å². The first-order valence-corrected chi connectivity index (χ1v) is 7.59. The van der Waals surface area contributed by atoms with Crippen molar-refractivity contribution in [1.29, 1.82) is 0 Å². The SMILES string of the molecule is CCOC(C1CCCCC1)C(NN)c1cccc(F)c1. The fraction of sp³-hybridized carbons (Fsp3) is 0.625. The van der Waals surface area contributed by atoms with Crippen LogP contribution in [0.25, 0.3) is 0 Å². The molecule has 2 rings (SSSR count). The number of rotatable bonds is 6. The van der Waals surface area contributed by atoms with Crippen LogP contribution in [0.2, 0.25) is 0 Å². The van der Waals surface area contributed by atoms with Gasteiger partial charge in [-0.1, -0.05) is 31.4 Å². The number of hydrogen-bond acceptors (Lipinski definition) is 3. The molecule has 1 aliphatic rings. The number of halogens is 1. The van der Waals surface area contributed by atoms with Gasteiger partial charge in [-0.25, -0.2) is 4.39 Å². The first-order chi connectivity index (χ1) is 9.76. The van der Waals surface area contributed by atoms with Crippen molar-refractivity contribution in [2.75, 3.05) is 6.61 Å². The monoisotopic (exact) mass is 280 g/mol. The summed E-state index contributed by atoms with van der Waals surface area (Å²) >= 11 is 0. The van der Waals surface area contributed by atoms with E-state index in [0.717, 1.165) is 18.4 Å².